The molecule has 2 N–H and O–H groups in total. The fraction of sp³-hybridized carbons (Fsp3) is 0.500. The molecule has 2 atom stereocenters. The average Bonchev–Trinajstić information content (AvgIpc) is 3.22. The number of carbonyl (C=O) groups is 4. The monoisotopic (exact) mass is 398 g/mol. The maximum absolute atomic E-state index is 13.0. The third-order valence-electron chi connectivity index (χ3n) is 6.24. The number of nitrogens with one attached hydrogen (secondary N) is 2. The number of imide groups is 2. The molecule has 1 aromatic rings. The van der Waals surface area contributed by atoms with Gasteiger partial charge in [0.05, 0.1) is 23.3 Å². The highest BCUT2D eigenvalue weighted by Gasteiger charge is 2.45. The lowest BCUT2D eigenvalue weighted by molar-refractivity contribution is -0.136. The molecule has 1 aromatic carbocycles. The maximum atomic E-state index is 13.0. The van der Waals surface area contributed by atoms with E-state index in [4.69, 9.17) is 4.74 Å². The number of nitrogens with zero attached hydrogens (tertiary/aromatic N) is 2. The second-order valence-electron chi connectivity index (χ2n) is 8.06. The van der Waals surface area contributed by atoms with Gasteiger partial charge in [0.1, 0.15) is 6.04 Å². The molecule has 2 unspecified atom stereocenters. The molecule has 5 rings (SSSR count). The van der Waals surface area contributed by atoms with Crippen LogP contribution >= 0.6 is 0 Å². The second-order valence-corrected chi connectivity index (χ2v) is 8.06. The van der Waals surface area contributed by atoms with E-state index in [0.29, 0.717) is 17.7 Å². The first kappa shape index (κ1) is 18.3. The van der Waals surface area contributed by atoms with Gasteiger partial charge in [-0.05, 0) is 31.0 Å². The lowest BCUT2D eigenvalue weighted by Gasteiger charge is -2.34. The molecular formula is C20H22N4O5. The fourth-order valence-electron chi connectivity index (χ4n) is 4.69. The lowest BCUT2D eigenvalue weighted by Crippen LogP contribution is -2.54. The van der Waals surface area contributed by atoms with Crippen molar-refractivity contribution in [2.75, 3.05) is 37.7 Å². The lowest BCUT2D eigenvalue weighted by atomic mass is 10.0. The van der Waals surface area contributed by atoms with E-state index in [9.17, 15) is 19.2 Å². The first-order chi connectivity index (χ1) is 14.0. The zero-order valence-corrected chi connectivity index (χ0v) is 15.9. The van der Waals surface area contributed by atoms with Crippen molar-refractivity contribution in [3.8, 4) is 0 Å². The van der Waals surface area contributed by atoms with Crippen LogP contribution in [0.15, 0.2) is 18.2 Å². The molecule has 0 saturated carbocycles. The molecule has 3 saturated heterocycles. The Balaban J connectivity index is 1.39. The number of carbonyl (C=O) groups excluding carboxylic acids is 4. The third-order valence-corrected chi connectivity index (χ3v) is 6.24. The Kier molecular flexibility index (Phi) is 4.18. The van der Waals surface area contributed by atoms with E-state index < -0.39 is 23.8 Å². The van der Waals surface area contributed by atoms with Gasteiger partial charge in [0.15, 0.2) is 0 Å². The highest BCUT2D eigenvalue weighted by molar-refractivity contribution is 6.23. The van der Waals surface area contributed by atoms with E-state index >= 15 is 0 Å². The fourth-order valence-corrected chi connectivity index (χ4v) is 4.69. The third kappa shape index (κ3) is 2.92. The molecule has 0 aromatic heterocycles. The van der Waals surface area contributed by atoms with Crippen LogP contribution in [0.5, 0.6) is 0 Å². The summed E-state index contributed by atoms with van der Waals surface area (Å²) < 4.78 is 6.02. The zero-order chi connectivity index (χ0) is 20.2. The highest BCUT2D eigenvalue weighted by Crippen LogP contribution is 2.34. The Hall–Kier alpha value is -2.78. The van der Waals surface area contributed by atoms with E-state index in [1.165, 1.54) is 0 Å². The summed E-state index contributed by atoms with van der Waals surface area (Å²) in [5.41, 5.74) is 1.26. The Bertz CT molecular complexity index is 923. The number of morpholine rings is 1. The minimum atomic E-state index is -0.944. The molecule has 0 bridgehead atoms. The number of ether oxygens (including phenoxy) is 1. The minimum Gasteiger partial charge on any atom is -0.370 e. The van der Waals surface area contributed by atoms with Crippen molar-refractivity contribution in [3.05, 3.63) is 29.3 Å². The molecule has 29 heavy (non-hydrogen) atoms. The summed E-state index contributed by atoms with van der Waals surface area (Å²) in [5, 5.41) is 5.59. The van der Waals surface area contributed by atoms with E-state index in [1.54, 1.807) is 12.1 Å². The molecule has 0 radical (unpaired) electrons. The van der Waals surface area contributed by atoms with Crippen molar-refractivity contribution in [2.45, 2.75) is 30.9 Å². The largest absolute Gasteiger partial charge is 0.370 e. The smallest absolute Gasteiger partial charge is 0.262 e. The summed E-state index contributed by atoms with van der Waals surface area (Å²) in [4.78, 5) is 52.5. The predicted molar refractivity (Wildman–Crippen MR) is 101 cm³/mol. The quantitative estimate of drug-likeness (QED) is 0.656. The molecule has 4 aliphatic heterocycles. The van der Waals surface area contributed by atoms with Crippen LogP contribution < -0.4 is 15.5 Å². The van der Waals surface area contributed by atoms with E-state index in [2.05, 4.69) is 15.5 Å². The molecule has 152 valence electrons. The summed E-state index contributed by atoms with van der Waals surface area (Å²) in [7, 11) is 0. The molecule has 4 amide bonds. The summed E-state index contributed by atoms with van der Waals surface area (Å²) in [6, 6.07) is 4.28. The number of fused-ring (bicyclic) bond motifs is 1. The molecule has 4 heterocycles. The normalized spacial score (nSPS) is 29.6. The topological polar surface area (TPSA) is 108 Å². The van der Waals surface area contributed by atoms with Gasteiger partial charge in [0.25, 0.3) is 11.8 Å². The average molecular weight is 398 g/mol. The van der Waals surface area contributed by atoms with Gasteiger partial charge in [0, 0.05) is 38.3 Å². The van der Waals surface area contributed by atoms with Crippen LogP contribution in [-0.2, 0) is 14.3 Å². The van der Waals surface area contributed by atoms with Crippen molar-refractivity contribution >= 4 is 29.3 Å². The van der Waals surface area contributed by atoms with Crippen LogP contribution in [0.2, 0.25) is 0 Å². The van der Waals surface area contributed by atoms with Crippen molar-refractivity contribution in [2.24, 2.45) is 0 Å². The Morgan fingerprint density at radius 1 is 1.10 bits per heavy atom. The second kappa shape index (κ2) is 6.64. The number of hydrogen-bond donors (Lipinski definition) is 2. The molecule has 9 nitrogen and oxygen atoms in total. The van der Waals surface area contributed by atoms with Crippen LogP contribution in [0.3, 0.4) is 0 Å². The predicted octanol–water partition coefficient (Wildman–Crippen LogP) is -0.343. The van der Waals surface area contributed by atoms with Crippen molar-refractivity contribution in [1.82, 2.24) is 15.5 Å². The maximum Gasteiger partial charge on any atom is 0.262 e. The van der Waals surface area contributed by atoms with Gasteiger partial charge >= 0.3 is 0 Å². The highest BCUT2D eigenvalue weighted by atomic mass is 16.5. The molecule has 3 fully saturated rings. The zero-order valence-electron chi connectivity index (χ0n) is 15.9. The minimum absolute atomic E-state index is 0.110. The summed E-state index contributed by atoms with van der Waals surface area (Å²) in [6.45, 7) is 3.87. The van der Waals surface area contributed by atoms with Crippen LogP contribution in [0.25, 0.3) is 0 Å². The van der Waals surface area contributed by atoms with Gasteiger partial charge in [-0.2, -0.15) is 0 Å². The first-order valence-electron chi connectivity index (χ1n) is 9.93. The van der Waals surface area contributed by atoms with Crippen molar-refractivity contribution < 1.29 is 23.9 Å². The number of hydrogen-bond acceptors (Lipinski definition) is 7. The Morgan fingerprint density at radius 2 is 1.93 bits per heavy atom. The van der Waals surface area contributed by atoms with Gasteiger partial charge in [-0.1, -0.05) is 0 Å². The first-order valence-corrected chi connectivity index (χ1v) is 9.93. The molecule has 9 heteroatoms. The van der Waals surface area contributed by atoms with Gasteiger partial charge in [-0.15, -0.1) is 0 Å². The van der Waals surface area contributed by atoms with Crippen molar-refractivity contribution in [3.63, 3.8) is 0 Å². The van der Waals surface area contributed by atoms with Crippen LogP contribution in [-0.4, -0.2) is 73.0 Å². The summed E-state index contributed by atoms with van der Waals surface area (Å²) >= 11 is 0. The van der Waals surface area contributed by atoms with Gasteiger partial charge in [-0.3, -0.25) is 29.4 Å². The van der Waals surface area contributed by atoms with Gasteiger partial charge < -0.3 is 15.0 Å². The van der Waals surface area contributed by atoms with Crippen molar-refractivity contribution in [1.29, 1.82) is 0 Å². The summed E-state index contributed by atoms with van der Waals surface area (Å²) in [5.74, 6) is -1.94. The number of rotatable bonds is 2. The Morgan fingerprint density at radius 3 is 2.69 bits per heavy atom. The standard InChI is InChI=1S/C20H22N4O5/c25-16-4-3-15(17(26)22-16)24-18(27)13-2-1-12(9-14(13)19(24)28)23-7-5-20(11-23)10-21-6-8-29-20/h1-2,9,15,21H,3-8,10-11H2,(H,22,25,26). The number of piperidine rings is 1. The molecule has 0 aliphatic carbocycles. The van der Waals surface area contributed by atoms with Crippen LogP contribution in [0.4, 0.5) is 5.69 Å². The van der Waals surface area contributed by atoms with Gasteiger partial charge in [0.2, 0.25) is 11.8 Å². The van der Waals surface area contributed by atoms with Crippen LogP contribution in [0, 0.1) is 0 Å². The molecular weight excluding hydrogens is 376 g/mol. The molecule has 4 aliphatic rings. The number of benzene rings is 1. The summed E-state index contributed by atoms with van der Waals surface area (Å²) in [6.07, 6.45) is 1.16. The Labute approximate surface area is 167 Å². The van der Waals surface area contributed by atoms with E-state index in [0.717, 1.165) is 43.2 Å². The molecule has 1 spiro atoms. The van der Waals surface area contributed by atoms with E-state index in [1.807, 2.05) is 6.07 Å². The van der Waals surface area contributed by atoms with Crippen LogP contribution in [0.1, 0.15) is 40.0 Å². The SMILES string of the molecule is O=C1CCC(N2C(=O)c3ccc(N4CCC5(CNCCO5)C4)cc3C2=O)C(=O)N1. The van der Waals surface area contributed by atoms with E-state index in [-0.39, 0.29) is 24.3 Å². The number of amides is 4. The number of anilines is 1. The van der Waals surface area contributed by atoms with Gasteiger partial charge in [-0.25, -0.2) is 0 Å².